The van der Waals surface area contributed by atoms with Crippen molar-refractivity contribution in [3.63, 3.8) is 0 Å². The number of hydrogen-bond donors (Lipinski definition) is 4. The van der Waals surface area contributed by atoms with Crippen molar-refractivity contribution in [3.8, 4) is 0 Å². The number of aryl methyl sites for hydroxylation is 1. The van der Waals surface area contributed by atoms with Crippen LogP contribution < -0.4 is 5.32 Å². The number of aromatic carboxylic acids is 1. The fourth-order valence-corrected chi connectivity index (χ4v) is 3.22. The molecule has 2 rings (SSSR count). The second-order valence-electron chi connectivity index (χ2n) is 6.71. The molecule has 30 heavy (non-hydrogen) atoms. The summed E-state index contributed by atoms with van der Waals surface area (Å²) in [4.78, 5) is 34.7. The summed E-state index contributed by atoms with van der Waals surface area (Å²) < 4.78 is 13.4. The molecule has 2 aromatic rings. The monoisotopic (exact) mass is 437 g/mol. The van der Waals surface area contributed by atoms with E-state index in [9.17, 15) is 23.9 Å². The van der Waals surface area contributed by atoms with E-state index in [0.29, 0.717) is 10.6 Å². The molecular formula is C21H21ClFNO6. The highest BCUT2D eigenvalue weighted by molar-refractivity contribution is 6.31. The maximum atomic E-state index is 13.4. The Morgan fingerprint density at radius 2 is 1.77 bits per heavy atom. The van der Waals surface area contributed by atoms with Gasteiger partial charge >= 0.3 is 11.9 Å². The van der Waals surface area contributed by atoms with E-state index in [4.69, 9.17) is 21.8 Å². The Balaban J connectivity index is 2.01. The van der Waals surface area contributed by atoms with Crippen molar-refractivity contribution in [3.05, 3.63) is 70.0 Å². The van der Waals surface area contributed by atoms with Crippen molar-refractivity contribution in [2.24, 2.45) is 0 Å². The minimum Gasteiger partial charge on any atom is -0.479 e. The number of nitrogens with one attached hydrogen (secondary N) is 1. The van der Waals surface area contributed by atoms with E-state index >= 15 is 0 Å². The first-order chi connectivity index (χ1) is 14.2. The molecule has 0 saturated heterocycles. The number of amides is 1. The predicted molar refractivity (Wildman–Crippen MR) is 107 cm³/mol. The number of aliphatic carboxylic acids is 1. The number of carboxylic acids is 2. The largest absolute Gasteiger partial charge is 0.479 e. The maximum absolute atomic E-state index is 13.4. The Morgan fingerprint density at radius 1 is 1.07 bits per heavy atom. The highest BCUT2D eigenvalue weighted by Gasteiger charge is 2.28. The van der Waals surface area contributed by atoms with Gasteiger partial charge < -0.3 is 20.6 Å². The predicted octanol–water partition coefficient (Wildman–Crippen LogP) is 2.67. The number of aliphatic hydroxyl groups is 1. The van der Waals surface area contributed by atoms with Gasteiger partial charge in [-0.1, -0.05) is 29.8 Å². The third kappa shape index (κ3) is 6.53. The van der Waals surface area contributed by atoms with Crippen molar-refractivity contribution in [2.45, 2.75) is 37.8 Å². The van der Waals surface area contributed by atoms with E-state index < -0.39 is 35.8 Å². The minimum atomic E-state index is -1.84. The van der Waals surface area contributed by atoms with Gasteiger partial charge in [0.05, 0.1) is 11.6 Å². The normalized spacial score (nSPS) is 12.8. The van der Waals surface area contributed by atoms with Crippen molar-refractivity contribution < 1.29 is 34.1 Å². The molecule has 0 fully saturated rings. The van der Waals surface area contributed by atoms with Gasteiger partial charge in [0.2, 0.25) is 5.91 Å². The number of halogens is 2. The summed E-state index contributed by atoms with van der Waals surface area (Å²) in [6.07, 6.45) is -1.56. The van der Waals surface area contributed by atoms with Gasteiger partial charge in [0.1, 0.15) is 5.82 Å². The molecule has 0 saturated carbocycles. The van der Waals surface area contributed by atoms with Gasteiger partial charge in [-0.05, 0) is 54.7 Å². The summed E-state index contributed by atoms with van der Waals surface area (Å²) in [6, 6.07) is 8.88. The van der Waals surface area contributed by atoms with Crippen LogP contribution >= 0.6 is 11.6 Å². The minimum absolute atomic E-state index is 0.00589. The van der Waals surface area contributed by atoms with E-state index in [2.05, 4.69) is 5.32 Å². The first-order valence-electron chi connectivity index (χ1n) is 9.14. The molecule has 2 aromatic carbocycles. The van der Waals surface area contributed by atoms with Crippen LogP contribution in [0.2, 0.25) is 5.02 Å². The van der Waals surface area contributed by atoms with E-state index in [0.717, 1.165) is 18.2 Å². The molecule has 2 atom stereocenters. The van der Waals surface area contributed by atoms with Gasteiger partial charge in [-0.15, -0.1) is 0 Å². The smallest absolute Gasteiger partial charge is 0.335 e. The molecule has 160 valence electrons. The standard InChI is InChI=1S/C21H21ClFNO6/c22-16-6-2-1-4-13(16)11-17(19(26)21(29)30)24-18(25)7-3-5-12-10-14(23)8-9-15(12)20(27)28/h1-2,4,6,8-10,17,19,26H,3,5,7,11H2,(H,24,25)(H,27,28)(H,29,30)/t17-,19-/m1/s1. The number of carbonyl (C=O) groups is 3. The van der Waals surface area contributed by atoms with Crippen molar-refractivity contribution in [1.82, 2.24) is 5.32 Å². The molecule has 1 amide bonds. The highest BCUT2D eigenvalue weighted by atomic mass is 35.5. The Bertz CT molecular complexity index is 935. The zero-order chi connectivity index (χ0) is 22.3. The fourth-order valence-electron chi connectivity index (χ4n) is 3.01. The summed E-state index contributed by atoms with van der Waals surface area (Å²) in [5, 5.41) is 31.1. The van der Waals surface area contributed by atoms with Crippen LogP contribution in [0.3, 0.4) is 0 Å². The second-order valence-corrected chi connectivity index (χ2v) is 7.12. The highest BCUT2D eigenvalue weighted by Crippen LogP contribution is 2.18. The average Bonchev–Trinajstić information content (AvgIpc) is 2.68. The molecule has 0 aliphatic heterocycles. The summed E-state index contributed by atoms with van der Waals surface area (Å²) in [5.41, 5.74) is 0.777. The van der Waals surface area contributed by atoms with Gasteiger partial charge in [-0.25, -0.2) is 14.0 Å². The molecule has 0 aliphatic carbocycles. The summed E-state index contributed by atoms with van der Waals surface area (Å²) in [5.74, 6) is -3.79. The van der Waals surface area contributed by atoms with Crippen molar-refractivity contribution in [2.75, 3.05) is 0 Å². The van der Waals surface area contributed by atoms with Crippen LogP contribution in [0.4, 0.5) is 4.39 Å². The molecule has 4 N–H and O–H groups in total. The second kappa shape index (κ2) is 10.7. The number of benzene rings is 2. The molecule has 9 heteroatoms. The van der Waals surface area contributed by atoms with Gasteiger partial charge in [0.25, 0.3) is 0 Å². The number of rotatable bonds is 10. The van der Waals surface area contributed by atoms with Crippen LogP contribution in [0.25, 0.3) is 0 Å². The average molecular weight is 438 g/mol. The molecular weight excluding hydrogens is 417 g/mol. The lowest BCUT2D eigenvalue weighted by atomic mass is 9.99. The van der Waals surface area contributed by atoms with Gasteiger partial charge in [0, 0.05) is 11.4 Å². The van der Waals surface area contributed by atoms with Gasteiger partial charge in [0.15, 0.2) is 6.10 Å². The Morgan fingerprint density at radius 3 is 2.40 bits per heavy atom. The fraction of sp³-hybridized carbons (Fsp3) is 0.286. The maximum Gasteiger partial charge on any atom is 0.335 e. The number of carboxylic acid groups (broad SMARTS) is 2. The van der Waals surface area contributed by atoms with Crippen LogP contribution in [-0.2, 0) is 22.4 Å². The molecule has 0 bridgehead atoms. The molecule has 0 aliphatic rings. The van der Waals surface area contributed by atoms with Gasteiger partial charge in [-0.2, -0.15) is 0 Å². The number of carbonyl (C=O) groups excluding carboxylic acids is 1. The quantitative estimate of drug-likeness (QED) is 0.453. The summed E-state index contributed by atoms with van der Waals surface area (Å²) in [6.45, 7) is 0. The lowest BCUT2D eigenvalue weighted by molar-refractivity contribution is -0.148. The lowest BCUT2D eigenvalue weighted by Crippen LogP contribution is -2.48. The molecule has 0 spiro atoms. The molecule has 0 radical (unpaired) electrons. The first kappa shape index (κ1) is 23.3. The number of aliphatic hydroxyl groups excluding tert-OH is 1. The van der Waals surface area contributed by atoms with E-state index in [-0.39, 0.29) is 36.8 Å². The first-order valence-corrected chi connectivity index (χ1v) is 9.52. The van der Waals surface area contributed by atoms with Crippen LogP contribution in [0, 0.1) is 5.82 Å². The van der Waals surface area contributed by atoms with Crippen molar-refractivity contribution in [1.29, 1.82) is 0 Å². The molecule has 0 aromatic heterocycles. The zero-order valence-corrected chi connectivity index (χ0v) is 16.6. The van der Waals surface area contributed by atoms with Crippen LogP contribution in [0.5, 0.6) is 0 Å². The third-order valence-corrected chi connectivity index (χ3v) is 4.89. The Labute approximate surface area is 177 Å². The Hall–Kier alpha value is -2.97. The molecule has 0 unspecified atom stereocenters. The summed E-state index contributed by atoms with van der Waals surface area (Å²) in [7, 11) is 0. The van der Waals surface area contributed by atoms with Gasteiger partial charge in [-0.3, -0.25) is 4.79 Å². The van der Waals surface area contributed by atoms with Crippen LogP contribution in [0.1, 0.15) is 34.3 Å². The SMILES string of the molecule is O=C(CCCc1cc(F)ccc1C(=O)O)N[C@H](Cc1ccccc1Cl)[C@@H](O)C(=O)O. The number of hydrogen-bond acceptors (Lipinski definition) is 4. The Kier molecular flexibility index (Phi) is 8.32. The summed E-state index contributed by atoms with van der Waals surface area (Å²) >= 11 is 6.07. The lowest BCUT2D eigenvalue weighted by Gasteiger charge is -2.22. The van der Waals surface area contributed by atoms with E-state index in [1.165, 1.54) is 0 Å². The van der Waals surface area contributed by atoms with Crippen molar-refractivity contribution >= 4 is 29.4 Å². The van der Waals surface area contributed by atoms with E-state index in [1.807, 2.05) is 0 Å². The van der Waals surface area contributed by atoms with Crippen LogP contribution in [-0.4, -0.2) is 45.3 Å². The molecule has 0 heterocycles. The third-order valence-electron chi connectivity index (χ3n) is 4.53. The van der Waals surface area contributed by atoms with Crippen LogP contribution in [0.15, 0.2) is 42.5 Å². The molecule has 7 nitrogen and oxygen atoms in total. The topological polar surface area (TPSA) is 124 Å². The van der Waals surface area contributed by atoms with E-state index in [1.54, 1.807) is 24.3 Å². The zero-order valence-electron chi connectivity index (χ0n) is 15.8.